The number of benzene rings is 1. The number of aryl methyl sites for hydroxylation is 2. The van der Waals surface area contributed by atoms with Gasteiger partial charge in [0, 0.05) is 5.69 Å². The summed E-state index contributed by atoms with van der Waals surface area (Å²) in [6.07, 6.45) is 0. The minimum atomic E-state index is -0.322. The number of nitriles is 1. The molecule has 1 aromatic heterocycles. The molecule has 0 aliphatic heterocycles. The second-order valence-electron chi connectivity index (χ2n) is 3.93. The van der Waals surface area contributed by atoms with Gasteiger partial charge >= 0.3 is 0 Å². The monoisotopic (exact) mass is 242 g/mol. The summed E-state index contributed by atoms with van der Waals surface area (Å²) in [6, 6.07) is 9.61. The van der Waals surface area contributed by atoms with Crippen LogP contribution in [-0.2, 0) is 0 Å². The topological polar surface area (TPSA) is 45.9 Å². The van der Waals surface area contributed by atoms with E-state index in [1.54, 1.807) is 19.1 Å². The van der Waals surface area contributed by atoms with Gasteiger partial charge in [-0.15, -0.1) is 0 Å². The van der Waals surface area contributed by atoms with Crippen LogP contribution in [0, 0.1) is 31.0 Å². The van der Waals surface area contributed by atoms with Gasteiger partial charge in [-0.3, -0.25) is 0 Å². The van der Waals surface area contributed by atoms with Gasteiger partial charge in [0.15, 0.2) is 0 Å². The van der Waals surface area contributed by atoms with Crippen molar-refractivity contribution in [3.63, 3.8) is 0 Å². The van der Waals surface area contributed by atoms with Crippen molar-refractivity contribution in [1.82, 2.24) is 4.98 Å². The van der Waals surface area contributed by atoms with E-state index < -0.39 is 0 Å². The average molecular weight is 242 g/mol. The first kappa shape index (κ1) is 12.1. The lowest BCUT2D eigenvalue weighted by atomic mass is 10.2. The van der Waals surface area contributed by atoms with E-state index in [4.69, 9.17) is 10.00 Å². The molecule has 0 spiro atoms. The van der Waals surface area contributed by atoms with E-state index >= 15 is 0 Å². The minimum absolute atomic E-state index is 0.243. The third-order valence-electron chi connectivity index (χ3n) is 2.46. The summed E-state index contributed by atoms with van der Waals surface area (Å²) in [5, 5.41) is 8.97. The number of nitrogens with zero attached hydrogens (tertiary/aromatic N) is 2. The number of halogens is 1. The largest absolute Gasteiger partial charge is 0.437 e. The van der Waals surface area contributed by atoms with Crippen LogP contribution >= 0.6 is 0 Å². The SMILES string of the molecule is Cc1ccc(C#N)c(Oc2ccc(F)cc2C)n1. The molecule has 0 amide bonds. The van der Waals surface area contributed by atoms with Gasteiger partial charge in [-0.05, 0) is 49.7 Å². The molecular formula is C14H11FN2O. The Labute approximate surface area is 104 Å². The standard InChI is InChI=1S/C14H11FN2O/c1-9-7-12(15)5-6-13(9)18-14-11(8-16)4-3-10(2)17-14/h3-7H,1-2H3. The minimum Gasteiger partial charge on any atom is -0.437 e. The predicted molar refractivity (Wildman–Crippen MR) is 64.9 cm³/mol. The summed E-state index contributed by atoms with van der Waals surface area (Å²) in [4.78, 5) is 4.16. The molecule has 0 unspecified atom stereocenters. The zero-order valence-electron chi connectivity index (χ0n) is 10.1. The van der Waals surface area contributed by atoms with E-state index in [9.17, 15) is 4.39 Å². The molecule has 3 nitrogen and oxygen atoms in total. The van der Waals surface area contributed by atoms with E-state index in [0.717, 1.165) is 5.69 Å². The fourth-order valence-electron chi connectivity index (χ4n) is 1.53. The molecular weight excluding hydrogens is 231 g/mol. The van der Waals surface area contributed by atoms with Crippen LogP contribution < -0.4 is 4.74 Å². The number of pyridine rings is 1. The lowest BCUT2D eigenvalue weighted by molar-refractivity contribution is 0.454. The lowest BCUT2D eigenvalue weighted by Crippen LogP contribution is -1.95. The van der Waals surface area contributed by atoms with E-state index in [-0.39, 0.29) is 11.7 Å². The molecule has 2 aromatic rings. The van der Waals surface area contributed by atoms with Crippen LogP contribution in [0.2, 0.25) is 0 Å². The molecule has 0 atom stereocenters. The van der Waals surface area contributed by atoms with Gasteiger partial charge in [0.25, 0.3) is 0 Å². The van der Waals surface area contributed by atoms with E-state index in [0.29, 0.717) is 16.9 Å². The predicted octanol–water partition coefficient (Wildman–Crippen LogP) is 3.50. The number of hydrogen-bond acceptors (Lipinski definition) is 3. The van der Waals surface area contributed by atoms with Crippen molar-refractivity contribution in [3.05, 3.63) is 53.0 Å². The molecule has 90 valence electrons. The number of rotatable bonds is 2. The smallest absolute Gasteiger partial charge is 0.237 e. The lowest BCUT2D eigenvalue weighted by Gasteiger charge is -2.09. The van der Waals surface area contributed by atoms with Gasteiger partial charge in [0.2, 0.25) is 5.88 Å². The number of hydrogen-bond donors (Lipinski definition) is 0. The maximum absolute atomic E-state index is 13.0. The average Bonchev–Trinajstić information content (AvgIpc) is 2.33. The highest BCUT2D eigenvalue weighted by Gasteiger charge is 2.09. The normalized spacial score (nSPS) is 9.89. The Bertz CT molecular complexity index is 632. The van der Waals surface area contributed by atoms with Crippen LogP contribution in [0.5, 0.6) is 11.6 Å². The molecule has 0 bridgehead atoms. The first-order valence-corrected chi connectivity index (χ1v) is 5.42. The van der Waals surface area contributed by atoms with Gasteiger partial charge < -0.3 is 4.74 Å². The third-order valence-corrected chi connectivity index (χ3v) is 2.46. The summed E-state index contributed by atoms with van der Waals surface area (Å²) < 4.78 is 18.5. The Morgan fingerprint density at radius 2 is 2.00 bits per heavy atom. The van der Waals surface area contributed by atoms with Crippen molar-refractivity contribution in [2.24, 2.45) is 0 Å². The molecule has 2 rings (SSSR count). The van der Waals surface area contributed by atoms with Crippen molar-refractivity contribution in [2.45, 2.75) is 13.8 Å². The molecule has 0 aliphatic carbocycles. The molecule has 18 heavy (non-hydrogen) atoms. The molecule has 1 heterocycles. The molecule has 0 N–H and O–H groups in total. The third kappa shape index (κ3) is 2.46. The van der Waals surface area contributed by atoms with Crippen molar-refractivity contribution in [2.75, 3.05) is 0 Å². The fraction of sp³-hybridized carbons (Fsp3) is 0.143. The summed E-state index contributed by atoms with van der Waals surface area (Å²) in [7, 11) is 0. The van der Waals surface area contributed by atoms with Crippen LogP contribution in [0.4, 0.5) is 4.39 Å². The molecule has 0 fully saturated rings. The van der Waals surface area contributed by atoms with Crippen LogP contribution in [0.25, 0.3) is 0 Å². The molecule has 0 aliphatic rings. The van der Waals surface area contributed by atoms with Crippen molar-refractivity contribution >= 4 is 0 Å². The first-order valence-electron chi connectivity index (χ1n) is 5.42. The van der Waals surface area contributed by atoms with Crippen LogP contribution in [0.3, 0.4) is 0 Å². The second kappa shape index (κ2) is 4.84. The Kier molecular flexibility index (Phi) is 3.24. The highest BCUT2D eigenvalue weighted by Crippen LogP contribution is 2.26. The molecule has 0 saturated carbocycles. The van der Waals surface area contributed by atoms with Crippen LogP contribution in [-0.4, -0.2) is 4.98 Å². The van der Waals surface area contributed by atoms with Crippen molar-refractivity contribution in [3.8, 4) is 17.7 Å². The fourth-order valence-corrected chi connectivity index (χ4v) is 1.53. The summed E-state index contributed by atoms with van der Waals surface area (Å²) in [6.45, 7) is 3.55. The summed E-state index contributed by atoms with van der Waals surface area (Å²) >= 11 is 0. The van der Waals surface area contributed by atoms with Gasteiger partial charge in [0.1, 0.15) is 23.2 Å². The van der Waals surface area contributed by atoms with E-state index in [2.05, 4.69) is 4.98 Å². The Hall–Kier alpha value is -2.41. The summed E-state index contributed by atoms with van der Waals surface area (Å²) in [5.41, 5.74) is 1.76. The molecule has 4 heteroatoms. The maximum Gasteiger partial charge on any atom is 0.237 e. The highest BCUT2D eigenvalue weighted by atomic mass is 19.1. The van der Waals surface area contributed by atoms with Crippen LogP contribution in [0.1, 0.15) is 16.8 Å². The highest BCUT2D eigenvalue weighted by molar-refractivity contribution is 5.43. The Balaban J connectivity index is 2.40. The molecule has 0 saturated heterocycles. The zero-order chi connectivity index (χ0) is 13.1. The second-order valence-corrected chi connectivity index (χ2v) is 3.93. The van der Waals surface area contributed by atoms with Crippen LogP contribution in [0.15, 0.2) is 30.3 Å². The zero-order valence-corrected chi connectivity index (χ0v) is 10.1. The molecule has 1 aromatic carbocycles. The van der Waals surface area contributed by atoms with Gasteiger partial charge in [-0.2, -0.15) is 5.26 Å². The van der Waals surface area contributed by atoms with Crippen molar-refractivity contribution < 1.29 is 9.13 Å². The van der Waals surface area contributed by atoms with Gasteiger partial charge in [0.05, 0.1) is 0 Å². The Morgan fingerprint density at radius 3 is 2.67 bits per heavy atom. The number of ether oxygens (including phenoxy) is 1. The Morgan fingerprint density at radius 1 is 1.22 bits per heavy atom. The van der Waals surface area contributed by atoms with E-state index in [1.807, 2.05) is 13.0 Å². The quantitative estimate of drug-likeness (QED) is 0.809. The van der Waals surface area contributed by atoms with Gasteiger partial charge in [-0.25, -0.2) is 9.37 Å². The maximum atomic E-state index is 13.0. The molecule has 0 radical (unpaired) electrons. The first-order chi connectivity index (χ1) is 8.60. The van der Waals surface area contributed by atoms with Crippen molar-refractivity contribution in [1.29, 1.82) is 5.26 Å². The van der Waals surface area contributed by atoms with E-state index in [1.165, 1.54) is 18.2 Å². The number of aromatic nitrogens is 1. The summed E-state index contributed by atoms with van der Waals surface area (Å²) in [5.74, 6) is 0.413. The van der Waals surface area contributed by atoms with Gasteiger partial charge in [-0.1, -0.05) is 0 Å².